The van der Waals surface area contributed by atoms with Gasteiger partial charge in [-0.25, -0.2) is 4.79 Å². The fourth-order valence-electron chi connectivity index (χ4n) is 1.33. The summed E-state index contributed by atoms with van der Waals surface area (Å²) in [6.07, 6.45) is 7.89. The summed E-state index contributed by atoms with van der Waals surface area (Å²) in [7, 11) is 0. The van der Waals surface area contributed by atoms with E-state index >= 15 is 0 Å². The Balaban J connectivity index is 3.89. The fraction of sp³-hybridized carbons (Fsp3) is 0.786. The highest BCUT2D eigenvalue weighted by Crippen LogP contribution is 2.12. The molecule has 0 saturated heterocycles. The summed E-state index contributed by atoms with van der Waals surface area (Å²) in [4.78, 5) is 11.6. The van der Waals surface area contributed by atoms with E-state index in [0.717, 1.165) is 18.4 Å². The van der Waals surface area contributed by atoms with Crippen molar-refractivity contribution in [3.05, 3.63) is 11.6 Å². The lowest BCUT2D eigenvalue weighted by molar-refractivity contribution is -0.149. The lowest BCUT2D eigenvalue weighted by Crippen LogP contribution is -2.24. The van der Waals surface area contributed by atoms with Crippen molar-refractivity contribution in [1.29, 1.82) is 0 Å². The van der Waals surface area contributed by atoms with Crippen LogP contribution in [0.25, 0.3) is 0 Å². The van der Waals surface area contributed by atoms with Gasteiger partial charge in [-0.15, -0.1) is 0 Å². The van der Waals surface area contributed by atoms with Crippen LogP contribution < -0.4 is 0 Å². The molecule has 2 nitrogen and oxygen atoms in total. The van der Waals surface area contributed by atoms with Gasteiger partial charge in [0.2, 0.25) is 0 Å². The molecular formula is C14H26O2. The predicted molar refractivity (Wildman–Crippen MR) is 68.4 cm³/mol. The van der Waals surface area contributed by atoms with E-state index in [4.69, 9.17) is 4.74 Å². The van der Waals surface area contributed by atoms with Crippen molar-refractivity contribution < 1.29 is 9.53 Å². The molecule has 0 rings (SSSR count). The first-order chi connectivity index (χ1) is 7.37. The molecule has 16 heavy (non-hydrogen) atoms. The second-order valence-corrected chi connectivity index (χ2v) is 5.24. The Hall–Kier alpha value is -0.790. The zero-order chi connectivity index (χ0) is 12.6. The number of hydrogen-bond donors (Lipinski definition) is 0. The van der Waals surface area contributed by atoms with Crippen molar-refractivity contribution in [3.8, 4) is 0 Å². The number of esters is 1. The molecule has 0 aliphatic carbocycles. The highest BCUT2D eigenvalue weighted by molar-refractivity contribution is 5.87. The number of rotatable bonds is 6. The van der Waals surface area contributed by atoms with Crippen molar-refractivity contribution in [2.24, 2.45) is 0 Å². The van der Waals surface area contributed by atoms with Crippen LogP contribution in [0.2, 0.25) is 0 Å². The van der Waals surface area contributed by atoms with Crippen LogP contribution in [0.15, 0.2) is 11.6 Å². The van der Waals surface area contributed by atoms with Crippen LogP contribution in [0, 0.1) is 0 Å². The summed E-state index contributed by atoms with van der Waals surface area (Å²) in [5, 5.41) is 0. The molecule has 0 aromatic carbocycles. The van der Waals surface area contributed by atoms with Crippen molar-refractivity contribution in [3.63, 3.8) is 0 Å². The van der Waals surface area contributed by atoms with E-state index in [0.29, 0.717) is 0 Å². The van der Waals surface area contributed by atoms with Crippen molar-refractivity contribution >= 4 is 5.97 Å². The Morgan fingerprint density at radius 2 is 1.81 bits per heavy atom. The molecular weight excluding hydrogens is 200 g/mol. The SMILES string of the molecule is CCCCCCC=C(C)C(=O)OC(C)(C)C. The smallest absolute Gasteiger partial charge is 0.333 e. The van der Waals surface area contributed by atoms with E-state index in [1.54, 1.807) is 0 Å². The molecule has 0 amide bonds. The van der Waals surface area contributed by atoms with Crippen LogP contribution in [-0.4, -0.2) is 11.6 Å². The molecule has 2 heteroatoms. The van der Waals surface area contributed by atoms with Gasteiger partial charge in [0.1, 0.15) is 5.60 Å². The maximum atomic E-state index is 11.6. The molecule has 0 aliphatic heterocycles. The third kappa shape index (κ3) is 8.51. The number of allylic oxidation sites excluding steroid dienone is 1. The molecule has 0 aliphatic rings. The number of unbranched alkanes of at least 4 members (excludes halogenated alkanes) is 4. The van der Waals surface area contributed by atoms with Gasteiger partial charge >= 0.3 is 5.97 Å². The van der Waals surface area contributed by atoms with E-state index in [1.165, 1.54) is 19.3 Å². The average Bonchev–Trinajstić information content (AvgIpc) is 2.14. The lowest BCUT2D eigenvalue weighted by atomic mass is 10.1. The molecule has 0 saturated carbocycles. The maximum absolute atomic E-state index is 11.6. The zero-order valence-electron chi connectivity index (χ0n) is 11.4. The van der Waals surface area contributed by atoms with E-state index in [2.05, 4.69) is 6.92 Å². The van der Waals surface area contributed by atoms with Crippen molar-refractivity contribution in [2.75, 3.05) is 0 Å². The second-order valence-electron chi connectivity index (χ2n) is 5.24. The van der Waals surface area contributed by atoms with Crippen LogP contribution in [0.1, 0.15) is 66.7 Å². The third-order valence-electron chi connectivity index (χ3n) is 2.23. The Labute approximate surface area is 100 Å². The summed E-state index contributed by atoms with van der Waals surface area (Å²) in [6, 6.07) is 0. The minimum absolute atomic E-state index is 0.192. The molecule has 0 radical (unpaired) electrons. The van der Waals surface area contributed by atoms with E-state index in [1.807, 2.05) is 33.8 Å². The Morgan fingerprint density at radius 3 is 2.31 bits per heavy atom. The van der Waals surface area contributed by atoms with E-state index in [-0.39, 0.29) is 5.97 Å². The number of ether oxygens (including phenoxy) is 1. The quantitative estimate of drug-likeness (QED) is 0.384. The first-order valence-electron chi connectivity index (χ1n) is 6.27. The van der Waals surface area contributed by atoms with E-state index in [9.17, 15) is 4.79 Å². The maximum Gasteiger partial charge on any atom is 0.333 e. The Kier molecular flexibility index (Phi) is 7.11. The van der Waals surface area contributed by atoms with Crippen LogP contribution in [0.4, 0.5) is 0 Å². The second kappa shape index (κ2) is 7.48. The minimum Gasteiger partial charge on any atom is -0.457 e. The molecule has 0 heterocycles. The van der Waals surface area contributed by atoms with Gasteiger partial charge in [0.15, 0.2) is 0 Å². The van der Waals surface area contributed by atoms with Gasteiger partial charge in [0.25, 0.3) is 0 Å². The van der Waals surface area contributed by atoms with Crippen LogP contribution in [0.3, 0.4) is 0 Å². The lowest BCUT2D eigenvalue weighted by Gasteiger charge is -2.19. The average molecular weight is 226 g/mol. The zero-order valence-corrected chi connectivity index (χ0v) is 11.4. The predicted octanol–water partition coefficient (Wildman–Crippen LogP) is 4.24. The number of carbonyl (C=O) groups excluding carboxylic acids is 1. The molecule has 0 aromatic rings. The van der Waals surface area contributed by atoms with Crippen LogP contribution >= 0.6 is 0 Å². The Bertz CT molecular complexity index is 234. The van der Waals surface area contributed by atoms with Gasteiger partial charge < -0.3 is 4.74 Å². The third-order valence-corrected chi connectivity index (χ3v) is 2.23. The molecule has 0 fully saturated rings. The van der Waals surface area contributed by atoms with Gasteiger partial charge in [-0.1, -0.05) is 32.3 Å². The Morgan fingerprint density at radius 1 is 1.19 bits per heavy atom. The monoisotopic (exact) mass is 226 g/mol. The van der Waals surface area contributed by atoms with Crippen LogP contribution in [-0.2, 0) is 9.53 Å². The molecule has 0 bridgehead atoms. The van der Waals surface area contributed by atoms with Gasteiger partial charge in [-0.3, -0.25) is 0 Å². The summed E-state index contributed by atoms with van der Waals surface area (Å²) >= 11 is 0. The normalized spacial score (nSPS) is 12.7. The number of hydrogen-bond acceptors (Lipinski definition) is 2. The molecule has 0 N–H and O–H groups in total. The highest BCUT2D eigenvalue weighted by Gasteiger charge is 2.16. The molecule has 0 aromatic heterocycles. The van der Waals surface area contributed by atoms with Gasteiger partial charge in [-0.2, -0.15) is 0 Å². The summed E-state index contributed by atoms with van der Waals surface area (Å²) in [5.74, 6) is -0.192. The summed E-state index contributed by atoms with van der Waals surface area (Å²) in [5.41, 5.74) is 0.334. The standard InChI is InChI=1S/C14H26O2/c1-6-7-8-9-10-11-12(2)13(15)16-14(3,4)5/h11H,6-10H2,1-5H3. The van der Waals surface area contributed by atoms with Crippen molar-refractivity contribution in [1.82, 2.24) is 0 Å². The number of carbonyl (C=O) groups is 1. The molecule has 0 spiro atoms. The molecule has 0 unspecified atom stereocenters. The van der Waals surface area contributed by atoms with Gasteiger partial charge in [-0.05, 0) is 40.5 Å². The fourth-order valence-corrected chi connectivity index (χ4v) is 1.33. The van der Waals surface area contributed by atoms with Crippen molar-refractivity contribution in [2.45, 2.75) is 72.3 Å². The van der Waals surface area contributed by atoms with Gasteiger partial charge in [0, 0.05) is 5.57 Å². The first-order valence-corrected chi connectivity index (χ1v) is 6.27. The summed E-state index contributed by atoms with van der Waals surface area (Å²) < 4.78 is 5.27. The van der Waals surface area contributed by atoms with Gasteiger partial charge in [0.05, 0.1) is 0 Å². The van der Waals surface area contributed by atoms with E-state index < -0.39 is 5.60 Å². The largest absolute Gasteiger partial charge is 0.457 e. The first kappa shape index (κ1) is 15.2. The molecule has 94 valence electrons. The molecule has 0 atom stereocenters. The van der Waals surface area contributed by atoms with Crippen LogP contribution in [0.5, 0.6) is 0 Å². The topological polar surface area (TPSA) is 26.3 Å². The summed E-state index contributed by atoms with van der Waals surface area (Å²) in [6.45, 7) is 9.69. The highest BCUT2D eigenvalue weighted by atomic mass is 16.6. The minimum atomic E-state index is -0.394.